The molecule has 5 heteroatoms. The summed E-state index contributed by atoms with van der Waals surface area (Å²) >= 11 is 5.54. The van der Waals surface area contributed by atoms with Crippen LogP contribution in [0, 0.1) is 23.2 Å². The summed E-state index contributed by atoms with van der Waals surface area (Å²) in [6.45, 7) is 3.83. The number of nitrogens with one attached hydrogen (secondary N) is 1. The minimum atomic E-state index is -0.189. The molecule has 2 aromatic rings. The largest absolute Gasteiger partial charge is 0.348 e. The van der Waals surface area contributed by atoms with Gasteiger partial charge in [0.25, 0.3) is 5.91 Å². The Morgan fingerprint density at radius 1 is 1.24 bits per heavy atom. The van der Waals surface area contributed by atoms with E-state index in [1.807, 2.05) is 18.2 Å². The summed E-state index contributed by atoms with van der Waals surface area (Å²) < 4.78 is 15.3. The van der Waals surface area contributed by atoms with E-state index in [0.717, 1.165) is 13.6 Å². The molecule has 0 aliphatic rings. The van der Waals surface area contributed by atoms with E-state index in [9.17, 15) is 9.18 Å². The van der Waals surface area contributed by atoms with Crippen molar-refractivity contribution < 1.29 is 9.18 Å². The molecule has 21 heavy (non-hydrogen) atoms. The van der Waals surface area contributed by atoms with Crippen molar-refractivity contribution in [1.29, 1.82) is 0 Å². The lowest BCUT2D eigenvalue weighted by Gasteiger charge is -2.10. The van der Waals surface area contributed by atoms with Gasteiger partial charge in [-0.25, -0.2) is 4.39 Å². The zero-order valence-electron chi connectivity index (χ0n) is 11.6. The fraction of sp³-hybridized carbons (Fsp3) is 0.188. The Kier molecular flexibility index (Phi) is 5.37. The quantitative estimate of drug-likeness (QED) is 0.657. The van der Waals surface area contributed by atoms with Crippen molar-refractivity contribution in [2.75, 3.05) is 0 Å². The van der Waals surface area contributed by atoms with Crippen LogP contribution in [-0.4, -0.2) is 5.91 Å². The van der Waals surface area contributed by atoms with Gasteiger partial charge in [-0.2, -0.15) is 0 Å². The van der Waals surface area contributed by atoms with Gasteiger partial charge in [-0.3, -0.25) is 4.79 Å². The molecule has 0 bridgehead atoms. The summed E-state index contributed by atoms with van der Waals surface area (Å²) in [5, 5.41) is 2.86. The van der Waals surface area contributed by atoms with Gasteiger partial charge in [-0.15, -0.1) is 0 Å². The molecule has 0 spiro atoms. The number of carbonyl (C=O) groups excluding carboxylic acids is 1. The average molecular weight is 462 g/mol. The zero-order valence-corrected chi connectivity index (χ0v) is 15.4. The Bertz CT molecular complexity index is 680. The molecule has 0 radical (unpaired) electrons. The molecule has 2 aromatic carbocycles. The van der Waals surface area contributed by atoms with Gasteiger partial charge >= 0.3 is 0 Å². The highest BCUT2D eigenvalue weighted by Gasteiger charge is 2.11. The number of halogens is 3. The average Bonchev–Trinajstić information content (AvgIpc) is 2.44. The third-order valence-electron chi connectivity index (χ3n) is 3.12. The maximum absolute atomic E-state index is 13.6. The molecule has 0 atom stereocenters. The van der Waals surface area contributed by atoms with Gasteiger partial charge in [0.2, 0.25) is 0 Å². The third kappa shape index (κ3) is 4.03. The van der Waals surface area contributed by atoms with Crippen molar-refractivity contribution in [2.24, 2.45) is 0 Å². The summed E-state index contributed by atoms with van der Waals surface area (Å²) in [7, 11) is 0. The third-order valence-corrected chi connectivity index (χ3v) is 4.48. The van der Waals surface area contributed by atoms with Crippen LogP contribution in [0.25, 0.3) is 0 Å². The number of carbonyl (C=O) groups is 1. The Morgan fingerprint density at radius 3 is 2.48 bits per heavy atom. The standard InChI is InChI=1S/C16H14BrFINO/c1-9-5-11(6-10(2)15(9)18)8-20-16(21)13-7-12(19)3-4-14(13)17/h3-7H,8H2,1-2H3,(H,20,21). The smallest absolute Gasteiger partial charge is 0.252 e. The van der Waals surface area contributed by atoms with Gasteiger partial charge in [0.1, 0.15) is 5.82 Å². The van der Waals surface area contributed by atoms with E-state index in [-0.39, 0.29) is 11.7 Å². The Hall–Kier alpha value is -0.950. The number of hydrogen-bond donors (Lipinski definition) is 1. The van der Waals surface area contributed by atoms with Crippen LogP contribution in [0.4, 0.5) is 4.39 Å². The minimum absolute atomic E-state index is 0.153. The predicted octanol–water partition coefficient (Wildman–Crippen LogP) is 4.74. The van der Waals surface area contributed by atoms with Gasteiger partial charge in [0.15, 0.2) is 0 Å². The zero-order chi connectivity index (χ0) is 15.6. The molecule has 0 aromatic heterocycles. The van der Waals surface area contributed by atoms with E-state index in [4.69, 9.17) is 0 Å². The molecule has 0 saturated carbocycles. The van der Waals surface area contributed by atoms with Crippen molar-refractivity contribution in [3.8, 4) is 0 Å². The molecule has 0 aliphatic carbocycles. The maximum Gasteiger partial charge on any atom is 0.252 e. The molecule has 0 fully saturated rings. The van der Waals surface area contributed by atoms with E-state index in [1.165, 1.54) is 0 Å². The summed E-state index contributed by atoms with van der Waals surface area (Å²) in [6.07, 6.45) is 0. The van der Waals surface area contributed by atoms with Gasteiger partial charge in [-0.05, 0) is 87.3 Å². The molecular formula is C16H14BrFINO. The van der Waals surface area contributed by atoms with Crippen LogP contribution in [0.2, 0.25) is 0 Å². The fourth-order valence-corrected chi connectivity index (χ4v) is 3.00. The van der Waals surface area contributed by atoms with Crippen LogP contribution < -0.4 is 5.32 Å². The van der Waals surface area contributed by atoms with E-state index in [2.05, 4.69) is 43.8 Å². The topological polar surface area (TPSA) is 29.1 Å². The van der Waals surface area contributed by atoms with Crippen LogP contribution in [-0.2, 0) is 6.54 Å². The van der Waals surface area contributed by atoms with E-state index in [0.29, 0.717) is 23.2 Å². The lowest BCUT2D eigenvalue weighted by atomic mass is 10.1. The summed E-state index contributed by atoms with van der Waals surface area (Å²) in [5.41, 5.74) is 2.67. The molecule has 2 rings (SSSR count). The first-order valence-corrected chi connectivity index (χ1v) is 8.24. The van der Waals surface area contributed by atoms with Gasteiger partial charge in [0.05, 0.1) is 5.56 Å². The maximum atomic E-state index is 13.6. The van der Waals surface area contributed by atoms with Crippen molar-refractivity contribution in [3.05, 3.63) is 66.4 Å². The first-order chi connectivity index (χ1) is 9.88. The van der Waals surface area contributed by atoms with Crippen molar-refractivity contribution >= 4 is 44.4 Å². The number of benzene rings is 2. The lowest BCUT2D eigenvalue weighted by molar-refractivity contribution is 0.0950. The molecule has 0 saturated heterocycles. The minimum Gasteiger partial charge on any atom is -0.348 e. The molecule has 0 unspecified atom stereocenters. The molecule has 0 heterocycles. The highest BCUT2D eigenvalue weighted by Crippen LogP contribution is 2.20. The van der Waals surface area contributed by atoms with Gasteiger partial charge < -0.3 is 5.32 Å². The second-order valence-corrected chi connectivity index (χ2v) is 6.95. The highest BCUT2D eigenvalue weighted by molar-refractivity contribution is 14.1. The molecule has 1 amide bonds. The van der Waals surface area contributed by atoms with Crippen LogP contribution in [0.3, 0.4) is 0 Å². The predicted molar refractivity (Wildman–Crippen MR) is 93.9 cm³/mol. The Labute approximate surface area is 145 Å². The number of hydrogen-bond acceptors (Lipinski definition) is 1. The van der Waals surface area contributed by atoms with E-state index in [1.54, 1.807) is 26.0 Å². The van der Waals surface area contributed by atoms with E-state index < -0.39 is 0 Å². The SMILES string of the molecule is Cc1cc(CNC(=O)c2cc(I)ccc2Br)cc(C)c1F. The monoisotopic (exact) mass is 461 g/mol. The molecule has 110 valence electrons. The van der Waals surface area contributed by atoms with Crippen molar-refractivity contribution in [3.63, 3.8) is 0 Å². The molecule has 1 N–H and O–H groups in total. The fourth-order valence-electron chi connectivity index (χ4n) is 2.09. The summed E-state index contributed by atoms with van der Waals surface area (Å²) in [5.74, 6) is -0.342. The second kappa shape index (κ2) is 6.87. The first kappa shape index (κ1) is 16.4. The second-order valence-electron chi connectivity index (χ2n) is 4.85. The van der Waals surface area contributed by atoms with Crippen LogP contribution in [0.1, 0.15) is 27.0 Å². The molecule has 0 aliphatic heterocycles. The highest BCUT2D eigenvalue weighted by atomic mass is 127. The summed E-state index contributed by atoms with van der Waals surface area (Å²) in [6, 6.07) is 9.11. The van der Waals surface area contributed by atoms with Crippen LogP contribution >= 0.6 is 38.5 Å². The van der Waals surface area contributed by atoms with E-state index >= 15 is 0 Å². The van der Waals surface area contributed by atoms with Crippen LogP contribution in [0.5, 0.6) is 0 Å². The Balaban J connectivity index is 2.13. The van der Waals surface area contributed by atoms with Crippen molar-refractivity contribution in [2.45, 2.75) is 20.4 Å². The molecular weight excluding hydrogens is 448 g/mol. The summed E-state index contributed by atoms with van der Waals surface area (Å²) in [4.78, 5) is 12.2. The lowest BCUT2D eigenvalue weighted by Crippen LogP contribution is -2.23. The normalized spacial score (nSPS) is 10.5. The van der Waals surface area contributed by atoms with Gasteiger partial charge in [-0.1, -0.05) is 12.1 Å². The number of amides is 1. The van der Waals surface area contributed by atoms with Crippen LogP contribution in [0.15, 0.2) is 34.8 Å². The molecule has 2 nitrogen and oxygen atoms in total. The number of rotatable bonds is 3. The number of aryl methyl sites for hydroxylation is 2. The first-order valence-electron chi connectivity index (χ1n) is 6.37. The Morgan fingerprint density at radius 2 is 1.86 bits per heavy atom. The van der Waals surface area contributed by atoms with Crippen molar-refractivity contribution in [1.82, 2.24) is 5.32 Å². The van der Waals surface area contributed by atoms with Gasteiger partial charge in [0, 0.05) is 14.6 Å².